The number of aromatic amines is 1. The maximum absolute atomic E-state index is 13.7. The number of hydrogen-bond donors (Lipinski definition) is 2. The fraction of sp³-hybridized carbons (Fsp3) is 0.250. The molecule has 8 heteroatoms. The first kappa shape index (κ1) is 22.2. The van der Waals surface area contributed by atoms with Crippen LogP contribution in [0.15, 0.2) is 64.7 Å². The quantitative estimate of drug-likeness (QED) is 0.455. The van der Waals surface area contributed by atoms with E-state index in [1.165, 1.54) is 11.8 Å². The Morgan fingerprint density at radius 3 is 2.64 bits per heavy atom. The van der Waals surface area contributed by atoms with Gasteiger partial charge in [0.1, 0.15) is 5.75 Å². The standard InChI is InChI=1S/C28H26N4O4/c1-14(2)31-12-19-24(18-11-16-10-17(36-4)8-9-20(16)30-27(18)34)26-22(13-32(15(3)33)28(26)35)29-21-6-5-7-23(31)25(19)21/h5-12,14,24,29H,13H2,1-4H3,(H,30,34)/t24-/m1/s1. The third kappa shape index (κ3) is 3.10. The number of amides is 2. The van der Waals surface area contributed by atoms with Crippen molar-refractivity contribution in [3.8, 4) is 5.75 Å². The van der Waals surface area contributed by atoms with Crippen LogP contribution in [0.4, 0.5) is 5.69 Å². The topological polar surface area (TPSA) is 96.4 Å². The summed E-state index contributed by atoms with van der Waals surface area (Å²) >= 11 is 0. The number of H-pyrrole nitrogens is 1. The minimum Gasteiger partial charge on any atom is -0.497 e. The van der Waals surface area contributed by atoms with Crippen molar-refractivity contribution >= 4 is 39.3 Å². The van der Waals surface area contributed by atoms with Gasteiger partial charge in [-0.25, -0.2) is 0 Å². The molecule has 1 atom stereocenters. The van der Waals surface area contributed by atoms with Gasteiger partial charge in [0.25, 0.3) is 11.5 Å². The molecule has 0 aliphatic carbocycles. The van der Waals surface area contributed by atoms with Crippen LogP contribution in [-0.4, -0.2) is 39.9 Å². The lowest BCUT2D eigenvalue weighted by molar-refractivity contribution is -0.139. The number of nitrogens with one attached hydrogen (secondary N) is 2. The lowest BCUT2D eigenvalue weighted by Crippen LogP contribution is -2.33. The summed E-state index contributed by atoms with van der Waals surface area (Å²) in [6, 6.07) is 13.5. The van der Waals surface area contributed by atoms with E-state index in [2.05, 4.69) is 34.8 Å². The van der Waals surface area contributed by atoms with Crippen LogP contribution in [0.5, 0.6) is 5.75 Å². The molecule has 2 aliphatic rings. The van der Waals surface area contributed by atoms with Crippen molar-refractivity contribution < 1.29 is 14.3 Å². The zero-order chi connectivity index (χ0) is 25.3. The van der Waals surface area contributed by atoms with E-state index in [4.69, 9.17) is 4.74 Å². The summed E-state index contributed by atoms with van der Waals surface area (Å²) in [4.78, 5) is 43.8. The third-order valence-corrected chi connectivity index (χ3v) is 7.22. The van der Waals surface area contributed by atoms with E-state index in [1.807, 2.05) is 30.5 Å². The molecule has 0 saturated carbocycles. The van der Waals surface area contributed by atoms with Crippen LogP contribution in [0.3, 0.4) is 0 Å². The predicted molar refractivity (Wildman–Crippen MR) is 138 cm³/mol. The summed E-state index contributed by atoms with van der Waals surface area (Å²) in [6.45, 7) is 5.73. The smallest absolute Gasteiger partial charge is 0.259 e. The van der Waals surface area contributed by atoms with Crippen LogP contribution in [0.2, 0.25) is 0 Å². The van der Waals surface area contributed by atoms with E-state index >= 15 is 0 Å². The number of carbonyl (C=O) groups is 2. The number of pyridine rings is 1. The molecule has 36 heavy (non-hydrogen) atoms. The van der Waals surface area contributed by atoms with E-state index in [0.717, 1.165) is 27.5 Å². The fourth-order valence-electron chi connectivity index (χ4n) is 5.53. The highest BCUT2D eigenvalue weighted by Gasteiger charge is 2.42. The molecule has 8 nitrogen and oxygen atoms in total. The molecule has 2 aliphatic heterocycles. The number of fused-ring (bicyclic) bond motifs is 1. The van der Waals surface area contributed by atoms with Crippen molar-refractivity contribution in [3.63, 3.8) is 0 Å². The van der Waals surface area contributed by atoms with Crippen molar-refractivity contribution in [1.82, 2.24) is 14.5 Å². The number of hydrogen-bond acceptors (Lipinski definition) is 5. The predicted octanol–water partition coefficient (Wildman–Crippen LogP) is 4.27. The average Bonchev–Trinajstić information content (AvgIpc) is 3.35. The Hall–Kier alpha value is -4.33. The van der Waals surface area contributed by atoms with Gasteiger partial charge in [0, 0.05) is 58.3 Å². The Morgan fingerprint density at radius 1 is 1.11 bits per heavy atom. The van der Waals surface area contributed by atoms with Gasteiger partial charge in [0.2, 0.25) is 5.91 Å². The Morgan fingerprint density at radius 2 is 1.92 bits per heavy atom. The molecule has 2 N–H and O–H groups in total. The molecule has 6 rings (SSSR count). The molecule has 4 heterocycles. The molecule has 182 valence electrons. The molecule has 2 aromatic heterocycles. The van der Waals surface area contributed by atoms with Crippen LogP contribution < -0.4 is 15.6 Å². The Kier molecular flexibility index (Phi) is 4.83. The molecular formula is C28H26N4O4. The number of benzene rings is 2. The molecule has 0 unspecified atom stereocenters. The number of methoxy groups -OCH3 is 1. The summed E-state index contributed by atoms with van der Waals surface area (Å²) < 4.78 is 7.56. The number of imide groups is 1. The number of ether oxygens (including phenoxy) is 1. The third-order valence-electron chi connectivity index (χ3n) is 7.22. The first-order chi connectivity index (χ1) is 17.3. The van der Waals surface area contributed by atoms with E-state index in [0.29, 0.717) is 28.1 Å². The Labute approximate surface area is 207 Å². The molecule has 0 radical (unpaired) electrons. The van der Waals surface area contributed by atoms with Crippen molar-refractivity contribution in [2.24, 2.45) is 0 Å². The summed E-state index contributed by atoms with van der Waals surface area (Å²) in [7, 11) is 1.59. The van der Waals surface area contributed by atoms with Gasteiger partial charge in [-0.15, -0.1) is 0 Å². The van der Waals surface area contributed by atoms with Crippen LogP contribution in [0.1, 0.15) is 43.9 Å². The minimum atomic E-state index is -0.658. The SMILES string of the molecule is COc1ccc2[nH]c(=O)c([C@H]3C4=C(CN(C(C)=O)C4=O)Nc4cccc5c4c3cn5C(C)C)cc2c1. The summed E-state index contributed by atoms with van der Waals surface area (Å²) in [6.07, 6.45) is 2.04. The number of anilines is 1. The molecule has 4 aromatic rings. The van der Waals surface area contributed by atoms with Crippen LogP contribution in [-0.2, 0) is 9.59 Å². The summed E-state index contributed by atoms with van der Waals surface area (Å²) in [5.74, 6) is -0.696. The van der Waals surface area contributed by atoms with Crippen molar-refractivity contribution in [3.05, 3.63) is 81.4 Å². The molecule has 0 bridgehead atoms. The minimum absolute atomic E-state index is 0.143. The number of carbonyl (C=O) groups excluding carboxylic acids is 2. The summed E-state index contributed by atoms with van der Waals surface area (Å²) in [5, 5.41) is 5.21. The second-order valence-electron chi connectivity index (χ2n) is 9.65. The highest BCUT2D eigenvalue weighted by Crippen LogP contribution is 2.46. The maximum Gasteiger partial charge on any atom is 0.259 e. The normalized spacial score (nSPS) is 17.1. The second kappa shape index (κ2) is 7.84. The second-order valence-corrected chi connectivity index (χ2v) is 9.65. The number of rotatable bonds is 3. The Bertz CT molecular complexity index is 1690. The Balaban J connectivity index is 1.69. The van der Waals surface area contributed by atoms with Gasteiger partial charge in [-0.05, 0) is 55.8 Å². The lowest BCUT2D eigenvalue weighted by atomic mass is 9.84. The van der Waals surface area contributed by atoms with Gasteiger partial charge in [-0.1, -0.05) is 6.07 Å². The fourth-order valence-corrected chi connectivity index (χ4v) is 5.53. The largest absolute Gasteiger partial charge is 0.497 e. The average molecular weight is 483 g/mol. The molecular weight excluding hydrogens is 456 g/mol. The lowest BCUT2D eigenvalue weighted by Gasteiger charge is -2.19. The van der Waals surface area contributed by atoms with Crippen molar-refractivity contribution in [2.75, 3.05) is 19.0 Å². The first-order valence-corrected chi connectivity index (χ1v) is 12.0. The van der Waals surface area contributed by atoms with Crippen LogP contribution in [0.25, 0.3) is 21.8 Å². The first-order valence-electron chi connectivity index (χ1n) is 12.0. The molecule has 2 amide bonds. The highest BCUT2D eigenvalue weighted by molar-refractivity contribution is 6.11. The van der Waals surface area contributed by atoms with Gasteiger partial charge in [-0.2, -0.15) is 0 Å². The molecule has 0 spiro atoms. The van der Waals surface area contributed by atoms with E-state index in [-0.39, 0.29) is 30.0 Å². The number of nitrogens with zero attached hydrogens (tertiary/aromatic N) is 2. The van der Waals surface area contributed by atoms with Gasteiger partial charge in [0.05, 0.1) is 24.7 Å². The van der Waals surface area contributed by atoms with E-state index in [1.54, 1.807) is 19.2 Å². The molecule has 0 fully saturated rings. The number of aromatic nitrogens is 2. The van der Waals surface area contributed by atoms with Crippen molar-refractivity contribution in [1.29, 1.82) is 0 Å². The van der Waals surface area contributed by atoms with Crippen molar-refractivity contribution in [2.45, 2.75) is 32.7 Å². The van der Waals surface area contributed by atoms with E-state index in [9.17, 15) is 14.4 Å². The molecule has 2 aromatic carbocycles. The summed E-state index contributed by atoms with van der Waals surface area (Å²) in [5.41, 5.74) is 4.66. The van der Waals surface area contributed by atoms with Crippen LogP contribution in [0, 0.1) is 0 Å². The van der Waals surface area contributed by atoms with Gasteiger partial charge in [0.15, 0.2) is 0 Å². The van der Waals surface area contributed by atoms with Gasteiger partial charge < -0.3 is 19.6 Å². The van der Waals surface area contributed by atoms with Gasteiger partial charge >= 0.3 is 0 Å². The zero-order valence-electron chi connectivity index (χ0n) is 20.5. The molecule has 0 saturated heterocycles. The van der Waals surface area contributed by atoms with E-state index < -0.39 is 5.92 Å². The monoisotopic (exact) mass is 482 g/mol. The van der Waals surface area contributed by atoms with Gasteiger partial charge in [-0.3, -0.25) is 19.3 Å². The highest BCUT2D eigenvalue weighted by atomic mass is 16.5. The zero-order valence-corrected chi connectivity index (χ0v) is 20.5. The maximum atomic E-state index is 13.7. The van der Waals surface area contributed by atoms with Crippen LogP contribution >= 0.6 is 0 Å².